The van der Waals surface area contributed by atoms with Gasteiger partial charge in [-0.05, 0) is 49.2 Å². The van der Waals surface area contributed by atoms with Gasteiger partial charge in [0.05, 0.1) is 17.3 Å². The van der Waals surface area contributed by atoms with Crippen LogP contribution in [0.15, 0.2) is 66.1 Å². The summed E-state index contributed by atoms with van der Waals surface area (Å²) in [7, 11) is 0. The quantitative estimate of drug-likeness (QED) is 0.559. The zero-order valence-corrected chi connectivity index (χ0v) is 15.4. The highest BCUT2D eigenvalue weighted by molar-refractivity contribution is 5.69. The molecule has 0 aromatic heterocycles. The minimum absolute atomic E-state index is 0.0989. The van der Waals surface area contributed by atoms with E-state index in [1.54, 1.807) is 42.5 Å². The van der Waals surface area contributed by atoms with Crippen LogP contribution in [0.4, 0.5) is 0 Å². The fraction of sp³-hybridized carbons (Fsp3) is 0.190. The zero-order valence-electron chi connectivity index (χ0n) is 15.4. The number of nitrogens with two attached hydrogens (primary N) is 3. The fourth-order valence-corrected chi connectivity index (χ4v) is 2.76. The van der Waals surface area contributed by atoms with Crippen molar-refractivity contribution in [3.05, 3.63) is 82.8 Å². The first kappa shape index (κ1) is 19.7. The monoisotopic (exact) mass is 363 g/mol. The Bertz CT molecular complexity index is 874. The number of likely N-dealkylation sites (N-methyl/N-ethyl adjacent to an activating group) is 1. The molecule has 140 valence electrons. The van der Waals surface area contributed by atoms with Crippen molar-refractivity contribution in [2.75, 3.05) is 13.1 Å². The summed E-state index contributed by atoms with van der Waals surface area (Å²) in [6.07, 6.45) is 2.45. The second kappa shape index (κ2) is 9.20. The average molecular weight is 363 g/mol. The molecule has 0 aliphatic heterocycles. The Morgan fingerprint density at radius 1 is 1.11 bits per heavy atom. The molecule has 6 nitrogen and oxygen atoms in total. The van der Waals surface area contributed by atoms with E-state index in [2.05, 4.69) is 6.07 Å². The minimum Gasteiger partial charge on any atom is -0.507 e. The Balaban J connectivity index is 2.20. The third kappa shape index (κ3) is 5.19. The maximum absolute atomic E-state index is 9.99. The SMILES string of the molecule is CCN(CCc1ccc(C#N)cc1)C(/C=C(\N)c1ccccc1O)=C(N)N. The van der Waals surface area contributed by atoms with E-state index in [0.717, 1.165) is 12.0 Å². The maximum Gasteiger partial charge on any atom is 0.124 e. The van der Waals surface area contributed by atoms with Crippen molar-refractivity contribution in [1.82, 2.24) is 4.90 Å². The Morgan fingerprint density at radius 2 is 1.78 bits per heavy atom. The van der Waals surface area contributed by atoms with Crippen molar-refractivity contribution in [2.24, 2.45) is 17.2 Å². The van der Waals surface area contributed by atoms with E-state index in [1.165, 1.54) is 0 Å². The number of phenols is 1. The fourth-order valence-electron chi connectivity index (χ4n) is 2.76. The molecule has 6 heteroatoms. The van der Waals surface area contributed by atoms with Crippen LogP contribution >= 0.6 is 0 Å². The zero-order chi connectivity index (χ0) is 19.8. The summed E-state index contributed by atoms with van der Waals surface area (Å²) < 4.78 is 0. The van der Waals surface area contributed by atoms with Crippen molar-refractivity contribution in [1.29, 1.82) is 5.26 Å². The first-order chi connectivity index (χ1) is 13.0. The summed E-state index contributed by atoms with van der Waals surface area (Å²) in [5.74, 6) is 0.261. The normalized spacial score (nSPS) is 10.9. The minimum atomic E-state index is 0.0989. The molecular formula is C21H25N5O. The topological polar surface area (TPSA) is 125 Å². The number of aromatic hydroxyl groups is 1. The van der Waals surface area contributed by atoms with Gasteiger partial charge in [-0.1, -0.05) is 24.3 Å². The molecule has 0 saturated heterocycles. The van der Waals surface area contributed by atoms with E-state index >= 15 is 0 Å². The molecule has 0 unspecified atom stereocenters. The molecule has 0 atom stereocenters. The second-order valence-electron chi connectivity index (χ2n) is 6.10. The molecule has 0 fully saturated rings. The van der Waals surface area contributed by atoms with Crippen LogP contribution in [0.3, 0.4) is 0 Å². The first-order valence-electron chi connectivity index (χ1n) is 8.71. The Kier molecular flexibility index (Phi) is 6.73. The molecule has 0 aliphatic carbocycles. The largest absolute Gasteiger partial charge is 0.507 e. The van der Waals surface area contributed by atoms with E-state index < -0.39 is 0 Å². The van der Waals surface area contributed by atoms with Crippen molar-refractivity contribution >= 4 is 5.70 Å². The molecule has 0 aliphatic rings. The second-order valence-corrected chi connectivity index (χ2v) is 6.10. The van der Waals surface area contributed by atoms with E-state index in [9.17, 15) is 5.11 Å². The van der Waals surface area contributed by atoms with E-state index in [0.29, 0.717) is 35.6 Å². The molecule has 2 aromatic rings. The van der Waals surface area contributed by atoms with Gasteiger partial charge >= 0.3 is 0 Å². The van der Waals surface area contributed by atoms with Crippen molar-refractivity contribution in [3.63, 3.8) is 0 Å². The van der Waals surface area contributed by atoms with Gasteiger partial charge in [0.2, 0.25) is 0 Å². The number of rotatable bonds is 7. The van der Waals surface area contributed by atoms with Crippen LogP contribution in [0, 0.1) is 11.3 Å². The lowest BCUT2D eigenvalue weighted by molar-refractivity contribution is 0.373. The molecule has 0 bridgehead atoms. The van der Waals surface area contributed by atoms with Crippen molar-refractivity contribution in [3.8, 4) is 11.8 Å². The maximum atomic E-state index is 9.99. The number of benzene rings is 2. The Morgan fingerprint density at radius 3 is 2.33 bits per heavy atom. The molecule has 2 rings (SSSR count). The summed E-state index contributed by atoms with van der Waals surface area (Å²) in [5, 5.41) is 18.9. The summed E-state index contributed by atoms with van der Waals surface area (Å²) in [4.78, 5) is 2.03. The standard InChI is InChI=1S/C21H25N5O/c1-2-26(12-11-15-7-9-16(14-22)10-8-15)19(21(24)25)13-18(23)17-5-3-4-6-20(17)27/h3-10,13,27H,2,11-12,23-25H2,1H3/b18-13-. The third-order valence-corrected chi connectivity index (χ3v) is 4.28. The molecule has 27 heavy (non-hydrogen) atoms. The molecule has 0 saturated carbocycles. The summed E-state index contributed by atoms with van der Waals surface area (Å²) >= 11 is 0. The lowest BCUT2D eigenvalue weighted by atomic mass is 10.1. The highest BCUT2D eigenvalue weighted by Crippen LogP contribution is 2.23. The van der Waals surface area contributed by atoms with E-state index in [1.807, 2.05) is 24.0 Å². The van der Waals surface area contributed by atoms with Gasteiger partial charge in [-0.2, -0.15) is 5.26 Å². The van der Waals surface area contributed by atoms with E-state index in [4.69, 9.17) is 22.5 Å². The van der Waals surface area contributed by atoms with Gasteiger partial charge in [-0.15, -0.1) is 0 Å². The highest BCUT2D eigenvalue weighted by atomic mass is 16.3. The predicted molar refractivity (Wildman–Crippen MR) is 108 cm³/mol. The first-order valence-corrected chi connectivity index (χ1v) is 8.71. The van der Waals surface area contributed by atoms with Crippen LogP contribution < -0.4 is 17.2 Å². The number of hydrogen-bond donors (Lipinski definition) is 4. The number of nitrogens with zero attached hydrogens (tertiary/aromatic N) is 2. The number of hydrogen-bond acceptors (Lipinski definition) is 6. The van der Waals surface area contributed by atoms with Gasteiger partial charge in [0.15, 0.2) is 0 Å². The number of para-hydroxylation sites is 1. The van der Waals surface area contributed by atoms with Crippen LogP contribution in [0.2, 0.25) is 0 Å². The van der Waals surface area contributed by atoms with Gasteiger partial charge in [0.1, 0.15) is 11.6 Å². The molecule has 0 heterocycles. The van der Waals surface area contributed by atoms with Crippen LogP contribution in [0.1, 0.15) is 23.6 Å². The average Bonchev–Trinajstić information content (AvgIpc) is 2.68. The third-order valence-electron chi connectivity index (χ3n) is 4.28. The van der Waals surface area contributed by atoms with Crippen molar-refractivity contribution in [2.45, 2.75) is 13.3 Å². The van der Waals surface area contributed by atoms with Gasteiger partial charge in [0.25, 0.3) is 0 Å². The van der Waals surface area contributed by atoms with Gasteiger partial charge in [-0.3, -0.25) is 0 Å². The van der Waals surface area contributed by atoms with Gasteiger partial charge in [0, 0.05) is 24.4 Å². The lowest BCUT2D eigenvalue weighted by Crippen LogP contribution is -2.29. The lowest BCUT2D eigenvalue weighted by Gasteiger charge is -2.25. The molecular weight excluding hydrogens is 338 g/mol. The van der Waals surface area contributed by atoms with Crippen LogP contribution in [0.5, 0.6) is 5.75 Å². The van der Waals surface area contributed by atoms with Crippen LogP contribution in [0.25, 0.3) is 5.70 Å². The smallest absolute Gasteiger partial charge is 0.124 e. The van der Waals surface area contributed by atoms with E-state index in [-0.39, 0.29) is 11.6 Å². The predicted octanol–water partition coefficient (Wildman–Crippen LogP) is 2.21. The summed E-state index contributed by atoms with van der Waals surface area (Å²) in [5.41, 5.74) is 21.2. The molecule has 0 radical (unpaired) electrons. The van der Waals surface area contributed by atoms with Crippen LogP contribution in [-0.2, 0) is 6.42 Å². The van der Waals surface area contributed by atoms with Gasteiger partial charge < -0.3 is 27.2 Å². The number of nitriles is 1. The molecule has 0 spiro atoms. The number of phenolic OH excluding ortho intramolecular Hbond substituents is 1. The summed E-state index contributed by atoms with van der Waals surface area (Å²) in [6, 6.07) is 16.4. The Hall–Kier alpha value is -3.59. The highest BCUT2D eigenvalue weighted by Gasteiger charge is 2.12. The number of allylic oxidation sites excluding steroid dienone is 1. The molecule has 7 N–H and O–H groups in total. The molecule has 2 aromatic carbocycles. The van der Waals surface area contributed by atoms with Crippen molar-refractivity contribution < 1.29 is 5.11 Å². The Labute approximate surface area is 159 Å². The molecule has 0 amide bonds. The summed E-state index contributed by atoms with van der Waals surface area (Å²) in [6.45, 7) is 3.37. The van der Waals surface area contributed by atoms with Gasteiger partial charge in [-0.25, -0.2) is 0 Å². The van der Waals surface area contributed by atoms with Crippen LogP contribution in [-0.4, -0.2) is 23.1 Å².